The highest BCUT2D eigenvalue weighted by Crippen LogP contribution is 2.32. The topological polar surface area (TPSA) is 105 Å². The predicted octanol–water partition coefficient (Wildman–Crippen LogP) is 5.88. The Labute approximate surface area is 259 Å². The summed E-state index contributed by atoms with van der Waals surface area (Å²) in [5, 5.41) is 7.54. The third-order valence-electron chi connectivity index (χ3n) is 8.32. The molecule has 10 heteroatoms. The molecule has 1 aliphatic heterocycles. The number of halogens is 1. The van der Waals surface area contributed by atoms with Gasteiger partial charge in [-0.1, -0.05) is 34.6 Å². The molecule has 0 fully saturated rings. The van der Waals surface area contributed by atoms with Crippen LogP contribution in [0.4, 0.5) is 10.1 Å². The third kappa shape index (κ3) is 7.18. The van der Waals surface area contributed by atoms with Crippen LogP contribution in [0.15, 0.2) is 47.2 Å². The first-order chi connectivity index (χ1) is 20.7. The van der Waals surface area contributed by atoms with Crippen LogP contribution in [0.2, 0.25) is 0 Å². The summed E-state index contributed by atoms with van der Waals surface area (Å²) in [6, 6.07) is 5.07. The van der Waals surface area contributed by atoms with Crippen LogP contribution in [0.25, 0.3) is 0 Å². The van der Waals surface area contributed by atoms with Gasteiger partial charge in [0.1, 0.15) is 11.5 Å². The lowest BCUT2D eigenvalue weighted by molar-refractivity contribution is -0.114. The SMILES string of the molecule is CCN=C(C=C(C(C)=O)C(C)C(C)c1cc2n(n1)CCN(C)C2)c1ccc(F)c(NC(=O)c2cnc(C(C)(C)C)cn2)c1C. The molecule has 3 aromatic rings. The number of nitrogens with one attached hydrogen (secondary N) is 1. The molecule has 1 aliphatic rings. The molecule has 0 aliphatic carbocycles. The number of carbonyl (C=O) groups is 2. The van der Waals surface area contributed by atoms with Crippen molar-refractivity contribution in [3.63, 3.8) is 0 Å². The van der Waals surface area contributed by atoms with E-state index in [-0.39, 0.29) is 34.4 Å². The molecule has 0 saturated carbocycles. The fourth-order valence-electron chi connectivity index (χ4n) is 5.37. The lowest BCUT2D eigenvalue weighted by Gasteiger charge is -2.23. The second kappa shape index (κ2) is 13.3. The summed E-state index contributed by atoms with van der Waals surface area (Å²) in [6.45, 7) is 18.4. The number of allylic oxidation sites excluding steroid dienone is 2. The molecule has 2 unspecified atom stereocenters. The number of nitrogens with zero attached hydrogens (tertiary/aromatic N) is 6. The smallest absolute Gasteiger partial charge is 0.275 e. The molecule has 0 saturated heterocycles. The molecule has 1 N–H and O–H groups in total. The van der Waals surface area contributed by atoms with E-state index in [0.29, 0.717) is 29.0 Å². The fraction of sp³-hybridized carbons (Fsp3) is 0.471. The first-order valence-corrected chi connectivity index (χ1v) is 15.2. The number of amides is 1. The van der Waals surface area contributed by atoms with Crippen LogP contribution in [-0.2, 0) is 23.3 Å². The van der Waals surface area contributed by atoms with Crippen molar-refractivity contribution in [3.05, 3.63) is 82.0 Å². The van der Waals surface area contributed by atoms with E-state index >= 15 is 4.39 Å². The van der Waals surface area contributed by atoms with E-state index in [9.17, 15) is 9.59 Å². The molecule has 0 radical (unpaired) electrons. The zero-order valence-electron chi connectivity index (χ0n) is 27.3. The number of likely N-dealkylation sites (N-methyl/N-ethyl adjacent to an activating group) is 1. The van der Waals surface area contributed by atoms with E-state index in [4.69, 9.17) is 10.1 Å². The minimum absolute atomic E-state index is 0.0219. The number of hydrogen-bond acceptors (Lipinski definition) is 7. The van der Waals surface area contributed by atoms with Crippen LogP contribution in [-0.4, -0.2) is 62.2 Å². The molecule has 0 spiro atoms. The zero-order valence-corrected chi connectivity index (χ0v) is 27.3. The molecule has 0 bridgehead atoms. The van der Waals surface area contributed by atoms with Gasteiger partial charge in [0.05, 0.1) is 41.2 Å². The molecule has 44 heavy (non-hydrogen) atoms. The molecule has 4 rings (SSSR count). The monoisotopic (exact) mass is 601 g/mol. The standard InChI is InChI=1S/C34H44FN7O2/c1-10-36-29(16-26(23(5)43)20(2)21(3)28-15-24-19-41(9)13-14-42(24)40-28)25-11-12-27(35)32(22(25)4)39-33(44)30-17-38-31(18-37-30)34(6,7)8/h11-12,15-18,20-21H,10,13-14,19H2,1-9H3,(H,39,44). The molecule has 2 atom stereocenters. The highest BCUT2D eigenvalue weighted by Gasteiger charge is 2.27. The van der Waals surface area contributed by atoms with E-state index < -0.39 is 11.7 Å². The predicted molar refractivity (Wildman–Crippen MR) is 172 cm³/mol. The maximum Gasteiger partial charge on any atom is 0.275 e. The fourth-order valence-corrected chi connectivity index (χ4v) is 5.37. The average molecular weight is 602 g/mol. The van der Waals surface area contributed by atoms with Crippen molar-refractivity contribution in [1.82, 2.24) is 24.6 Å². The highest BCUT2D eigenvalue weighted by molar-refractivity contribution is 6.14. The number of anilines is 1. The highest BCUT2D eigenvalue weighted by atomic mass is 19.1. The van der Waals surface area contributed by atoms with Gasteiger partial charge in [0.25, 0.3) is 5.91 Å². The van der Waals surface area contributed by atoms with Gasteiger partial charge in [0.2, 0.25) is 0 Å². The lowest BCUT2D eigenvalue weighted by atomic mass is 9.83. The van der Waals surface area contributed by atoms with Gasteiger partial charge in [0.15, 0.2) is 5.78 Å². The summed E-state index contributed by atoms with van der Waals surface area (Å²) < 4.78 is 17.2. The second-order valence-electron chi connectivity index (χ2n) is 12.7. The number of fused-ring (bicyclic) bond motifs is 1. The normalized spacial score (nSPS) is 16.0. The molecule has 9 nitrogen and oxygen atoms in total. The maximum atomic E-state index is 15.1. The number of aliphatic imine (C=N–C) groups is 1. The summed E-state index contributed by atoms with van der Waals surface area (Å²) >= 11 is 0. The van der Waals surface area contributed by atoms with Gasteiger partial charge in [0, 0.05) is 48.3 Å². The van der Waals surface area contributed by atoms with Gasteiger partial charge in [-0.3, -0.25) is 29.1 Å². The van der Waals surface area contributed by atoms with Gasteiger partial charge < -0.3 is 5.32 Å². The van der Waals surface area contributed by atoms with E-state index in [1.54, 1.807) is 32.2 Å². The van der Waals surface area contributed by atoms with Gasteiger partial charge in [-0.25, -0.2) is 9.37 Å². The quantitative estimate of drug-likeness (QED) is 0.243. The molecular weight excluding hydrogens is 557 g/mol. The van der Waals surface area contributed by atoms with E-state index in [1.165, 1.54) is 18.0 Å². The van der Waals surface area contributed by atoms with Crippen molar-refractivity contribution in [2.75, 3.05) is 25.5 Å². The Balaban J connectivity index is 1.65. The van der Waals surface area contributed by atoms with Crippen LogP contribution in [0, 0.1) is 18.7 Å². The molecule has 2 aromatic heterocycles. The summed E-state index contributed by atoms with van der Waals surface area (Å²) in [4.78, 5) is 41.7. The van der Waals surface area contributed by atoms with Crippen LogP contribution in [0.5, 0.6) is 0 Å². The van der Waals surface area contributed by atoms with Gasteiger partial charge in [-0.15, -0.1) is 0 Å². The molecule has 1 aromatic carbocycles. The van der Waals surface area contributed by atoms with Crippen LogP contribution >= 0.6 is 0 Å². The minimum atomic E-state index is -0.582. The lowest BCUT2D eigenvalue weighted by Crippen LogP contribution is -2.30. The van der Waals surface area contributed by atoms with Gasteiger partial charge in [-0.05, 0) is 63.6 Å². The Hall–Kier alpha value is -4.05. The largest absolute Gasteiger partial charge is 0.318 e. The van der Waals surface area contributed by atoms with Crippen molar-refractivity contribution in [1.29, 1.82) is 0 Å². The first-order valence-electron chi connectivity index (χ1n) is 15.2. The van der Waals surface area contributed by atoms with Crippen molar-refractivity contribution < 1.29 is 14.0 Å². The van der Waals surface area contributed by atoms with Gasteiger partial charge >= 0.3 is 0 Å². The Morgan fingerprint density at radius 3 is 2.50 bits per heavy atom. The number of carbonyl (C=O) groups excluding carboxylic acids is 2. The average Bonchev–Trinajstić information content (AvgIpc) is 3.39. The van der Waals surface area contributed by atoms with E-state index in [0.717, 1.165) is 31.0 Å². The number of ketones is 1. The number of benzene rings is 1. The maximum absolute atomic E-state index is 15.1. The summed E-state index contributed by atoms with van der Waals surface area (Å²) in [5.41, 5.74) is 5.03. The Kier molecular flexibility index (Phi) is 9.93. The summed E-state index contributed by atoms with van der Waals surface area (Å²) in [5.74, 6) is -1.39. The zero-order chi connectivity index (χ0) is 32.3. The Morgan fingerprint density at radius 1 is 1.16 bits per heavy atom. The van der Waals surface area contributed by atoms with E-state index in [2.05, 4.69) is 44.9 Å². The van der Waals surface area contributed by atoms with E-state index in [1.807, 2.05) is 34.6 Å². The number of Topliss-reactive ketones (excluding diaryl/α,β-unsaturated/α-hetero) is 1. The van der Waals surface area contributed by atoms with Crippen LogP contribution in [0.3, 0.4) is 0 Å². The van der Waals surface area contributed by atoms with Crippen molar-refractivity contribution in [3.8, 4) is 0 Å². The molecule has 234 valence electrons. The van der Waals surface area contributed by atoms with Crippen LogP contribution < -0.4 is 5.32 Å². The number of rotatable bonds is 9. The molecule has 3 heterocycles. The minimum Gasteiger partial charge on any atom is -0.318 e. The van der Waals surface area contributed by atoms with Gasteiger partial charge in [-0.2, -0.15) is 5.10 Å². The summed E-state index contributed by atoms with van der Waals surface area (Å²) in [7, 11) is 2.10. The third-order valence-corrected chi connectivity index (χ3v) is 8.32. The molecular formula is C34H44FN7O2. The van der Waals surface area contributed by atoms with Crippen molar-refractivity contribution >= 4 is 23.1 Å². The van der Waals surface area contributed by atoms with Crippen molar-refractivity contribution in [2.45, 2.75) is 79.8 Å². The number of aromatic nitrogens is 4. The number of hydrogen-bond donors (Lipinski definition) is 1. The summed E-state index contributed by atoms with van der Waals surface area (Å²) in [6.07, 6.45) is 4.77. The first kappa shape index (κ1) is 32.9. The van der Waals surface area contributed by atoms with Crippen LogP contribution in [0.1, 0.15) is 93.1 Å². The molecule has 1 amide bonds. The second-order valence-corrected chi connectivity index (χ2v) is 12.7. The Morgan fingerprint density at radius 2 is 1.89 bits per heavy atom. The Bertz CT molecular complexity index is 1600. The van der Waals surface area contributed by atoms with Crippen molar-refractivity contribution in [2.24, 2.45) is 10.9 Å².